The van der Waals surface area contributed by atoms with Crippen molar-refractivity contribution in [2.75, 3.05) is 20.2 Å². The number of piperidine rings is 1. The van der Waals surface area contributed by atoms with Crippen molar-refractivity contribution in [3.8, 4) is 5.88 Å². The third kappa shape index (κ3) is 1.78. The average Bonchev–Trinajstić information content (AvgIpc) is 2.74. The summed E-state index contributed by atoms with van der Waals surface area (Å²) in [6, 6.07) is 3.80. The van der Waals surface area contributed by atoms with Crippen molar-refractivity contribution in [3.63, 3.8) is 0 Å². The van der Waals surface area contributed by atoms with Crippen molar-refractivity contribution in [3.05, 3.63) is 22.6 Å². The molecule has 1 aliphatic heterocycles. The lowest BCUT2D eigenvalue weighted by molar-refractivity contribution is 0.365. The van der Waals surface area contributed by atoms with E-state index < -0.39 is 0 Å². The number of H-pyrrole nitrogens is 1. The van der Waals surface area contributed by atoms with Crippen LogP contribution in [0, 0.1) is 0 Å². The number of ether oxygens (including phenoxy) is 1. The third-order valence-electron chi connectivity index (χ3n) is 3.42. The van der Waals surface area contributed by atoms with Crippen LogP contribution in [0.4, 0.5) is 0 Å². The van der Waals surface area contributed by atoms with E-state index in [9.17, 15) is 4.79 Å². The first-order valence-electron chi connectivity index (χ1n) is 6.15. The minimum absolute atomic E-state index is 0.0855. The van der Waals surface area contributed by atoms with Crippen molar-refractivity contribution in [1.82, 2.24) is 19.9 Å². The van der Waals surface area contributed by atoms with Gasteiger partial charge in [-0.25, -0.2) is 4.79 Å². The van der Waals surface area contributed by atoms with Crippen LogP contribution < -0.4 is 15.7 Å². The Hall–Kier alpha value is -1.82. The lowest BCUT2D eigenvalue weighted by Gasteiger charge is -2.23. The van der Waals surface area contributed by atoms with E-state index in [1.807, 2.05) is 6.07 Å². The fourth-order valence-corrected chi connectivity index (χ4v) is 2.50. The molecule has 0 saturated carbocycles. The summed E-state index contributed by atoms with van der Waals surface area (Å²) in [7, 11) is 1.58. The molecule has 3 heterocycles. The number of pyridine rings is 1. The van der Waals surface area contributed by atoms with Gasteiger partial charge in [0.25, 0.3) is 0 Å². The van der Waals surface area contributed by atoms with Gasteiger partial charge in [-0.15, -0.1) is 0 Å². The molecule has 2 aromatic heterocycles. The van der Waals surface area contributed by atoms with Gasteiger partial charge in [0.15, 0.2) is 5.65 Å². The fourth-order valence-electron chi connectivity index (χ4n) is 2.50. The Morgan fingerprint density at radius 3 is 2.89 bits per heavy atom. The van der Waals surface area contributed by atoms with Crippen molar-refractivity contribution in [2.24, 2.45) is 0 Å². The van der Waals surface area contributed by atoms with Crippen LogP contribution in [0.5, 0.6) is 5.88 Å². The highest BCUT2D eigenvalue weighted by molar-refractivity contribution is 5.71. The van der Waals surface area contributed by atoms with E-state index in [1.54, 1.807) is 17.7 Å². The van der Waals surface area contributed by atoms with Crippen LogP contribution >= 0.6 is 0 Å². The summed E-state index contributed by atoms with van der Waals surface area (Å²) in [5.74, 6) is 0.532. The molecule has 0 radical (unpaired) electrons. The zero-order chi connectivity index (χ0) is 12.5. The molecule has 0 atom stereocenters. The number of imidazole rings is 1. The molecular weight excluding hydrogens is 232 g/mol. The predicted molar refractivity (Wildman–Crippen MR) is 68.0 cm³/mol. The lowest BCUT2D eigenvalue weighted by atomic mass is 10.1. The number of aromatic amines is 1. The maximum atomic E-state index is 12.0. The van der Waals surface area contributed by atoms with Gasteiger partial charge in [-0.05, 0) is 32.0 Å². The van der Waals surface area contributed by atoms with E-state index in [4.69, 9.17) is 4.74 Å². The highest BCUT2D eigenvalue weighted by atomic mass is 16.5. The Morgan fingerprint density at radius 2 is 2.17 bits per heavy atom. The van der Waals surface area contributed by atoms with Crippen LogP contribution in [-0.4, -0.2) is 34.7 Å². The van der Waals surface area contributed by atoms with Gasteiger partial charge in [0.2, 0.25) is 5.88 Å². The highest BCUT2D eigenvalue weighted by Gasteiger charge is 2.20. The molecule has 0 aliphatic carbocycles. The Bertz CT molecular complexity index is 610. The maximum absolute atomic E-state index is 12.0. The van der Waals surface area contributed by atoms with Crippen LogP contribution in [0.3, 0.4) is 0 Å². The monoisotopic (exact) mass is 248 g/mol. The number of aromatic nitrogens is 3. The summed E-state index contributed by atoms with van der Waals surface area (Å²) in [5.41, 5.74) is 1.36. The molecule has 2 aromatic rings. The normalized spacial score (nSPS) is 17.2. The molecule has 6 heteroatoms. The first kappa shape index (κ1) is 11.3. The Morgan fingerprint density at radius 1 is 1.39 bits per heavy atom. The van der Waals surface area contributed by atoms with E-state index in [-0.39, 0.29) is 11.7 Å². The van der Waals surface area contributed by atoms with Gasteiger partial charge < -0.3 is 15.0 Å². The molecule has 0 spiro atoms. The zero-order valence-electron chi connectivity index (χ0n) is 10.3. The van der Waals surface area contributed by atoms with Crippen LogP contribution in [0.2, 0.25) is 0 Å². The largest absolute Gasteiger partial charge is 0.481 e. The second kappa shape index (κ2) is 4.45. The third-order valence-corrected chi connectivity index (χ3v) is 3.42. The first-order chi connectivity index (χ1) is 8.79. The minimum atomic E-state index is -0.0855. The summed E-state index contributed by atoms with van der Waals surface area (Å²) < 4.78 is 6.88. The van der Waals surface area contributed by atoms with Crippen molar-refractivity contribution >= 4 is 11.2 Å². The van der Waals surface area contributed by atoms with E-state index in [1.165, 1.54) is 0 Å². The summed E-state index contributed by atoms with van der Waals surface area (Å²) in [6.45, 7) is 1.88. The van der Waals surface area contributed by atoms with Crippen molar-refractivity contribution in [1.29, 1.82) is 0 Å². The molecule has 18 heavy (non-hydrogen) atoms. The van der Waals surface area contributed by atoms with Gasteiger partial charge in [-0.1, -0.05) is 0 Å². The molecule has 6 nitrogen and oxygen atoms in total. The van der Waals surface area contributed by atoms with Crippen LogP contribution in [0.15, 0.2) is 16.9 Å². The molecule has 1 saturated heterocycles. The van der Waals surface area contributed by atoms with Gasteiger partial charge in [-0.2, -0.15) is 4.98 Å². The summed E-state index contributed by atoms with van der Waals surface area (Å²) in [5, 5.41) is 3.30. The van der Waals surface area contributed by atoms with E-state index >= 15 is 0 Å². The molecule has 3 rings (SSSR count). The van der Waals surface area contributed by atoms with E-state index in [2.05, 4.69) is 15.3 Å². The number of rotatable bonds is 2. The Balaban J connectivity index is 2.13. The van der Waals surface area contributed by atoms with Crippen molar-refractivity contribution in [2.45, 2.75) is 18.9 Å². The molecule has 0 amide bonds. The van der Waals surface area contributed by atoms with Gasteiger partial charge in [0, 0.05) is 12.1 Å². The molecule has 1 fully saturated rings. The zero-order valence-corrected chi connectivity index (χ0v) is 10.3. The van der Waals surface area contributed by atoms with Crippen LogP contribution in [0.1, 0.15) is 18.9 Å². The second-order valence-electron chi connectivity index (χ2n) is 4.51. The number of nitrogens with zero attached hydrogens (tertiary/aromatic N) is 2. The molecule has 0 bridgehead atoms. The van der Waals surface area contributed by atoms with Crippen LogP contribution in [-0.2, 0) is 0 Å². The average molecular weight is 248 g/mol. The van der Waals surface area contributed by atoms with E-state index in [0.29, 0.717) is 11.5 Å². The SMILES string of the molecule is COc1ccc2[nH]c(=O)n(C3CCNCC3)c2n1. The Labute approximate surface area is 104 Å². The number of fused-ring (bicyclic) bond motifs is 1. The molecule has 2 N–H and O–H groups in total. The minimum Gasteiger partial charge on any atom is -0.481 e. The standard InChI is InChI=1S/C12H16N4O2/c1-18-10-3-2-9-11(15-10)16(12(17)14-9)8-4-6-13-7-5-8/h2-3,8,13H,4-7H2,1H3,(H,14,17). The number of nitrogens with one attached hydrogen (secondary N) is 2. The molecule has 0 unspecified atom stereocenters. The lowest BCUT2D eigenvalue weighted by Crippen LogP contribution is -2.33. The summed E-state index contributed by atoms with van der Waals surface area (Å²) >= 11 is 0. The van der Waals surface area contributed by atoms with Gasteiger partial charge in [0.1, 0.15) is 0 Å². The van der Waals surface area contributed by atoms with E-state index in [0.717, 1.165) is 31.4 Å². The number of methoxy groups -OCH3 is 1. The molecular formula is C12H16N4O2. The second-order valence-corrected chi connectivity index (χ2v) is 4.51. The Kier molecular flexibility index (Phi) is 2.79. The van der Waals surface area contributed by atoms with Gasteiger partial charge in [-0.3, -0.25) is 4.57 Å². The highest BCUT2D eigenvalue weighted by Crippen LogP contribution is 2.22. The number of hydrogen-bond acceptors (Lipinski definition) is 4. The maximum Gasteiger partial charge on any atom is 0.327 e. The van der Waals surface area contributed by atoms with Crippen LogP contribution in [0.25, 0.3) is 11.2 Å². The van der Waals surface area contributed by atoms with Gasteiger partial charge >= 0.3 is 5.69 Å². The topological polar surface area (TPSA) is 71.9 Å². The summed E-state index contributed by atoms with van der Waals surface area (Å²) in [6.07, 6.45) is 1.90. The molecule has 1 aliphatic rings. The predicted octanol–water partition coefficient (Wildman–Crippen LogP) is 0.658. The molecule has 0 aromatic carbocycles. The quantitative estimate of drug-likeness (QED) is 0.819. The van der Waals surface area contributed by atoms with Gasteiger partial charge in [0.05, 0.1) is 12.6 Å². The van der Waals surface area contributed by atoms with Crippen molar-refractivity contribution < 1.29 is 4.74 Å². The summed E-state index contributed by atoms with van der Waals surface area (Å²) in [4.78, 5) is 19.3. The smallest absolute Gasteiger partial charge is 0.327 e. The first-order valence-corrected chi connectivity index (χ1v) is 6.15. The fraction of sp³-hybridized carbons (Fsp3) is 0.500. The number of hydrogen-bond donors (Lipinski definition) is 2. The molecule has 96 valence electrons.